The topological polar surface area (TPSA) is 157 Å². The van der Waals surface area contributed by atoms with Crippen LogP contribution < -0.4 is 26.6 Å². The van der Waals surface area contributed by atoms with E-state index >= 15 is 0 Å². The summed E-state index contributed by atoms with van der Waals surface area (Å²) in [5.74, 6) is -1.46. The molecule has 2 rings (SSSR count). The average Bonchev–Trinajstić information content (AvgIpc) is 2.90. The smallest absolute Gasteiger partial charge is 0.322 e. The monoisotopic (exact) mass is 596 g/mol. The van der Waals surface area contributed by atoms with Gasteiger partial charge in [0.1, 0.15) is 6.04 Å². The Morgan fingerprint density at radius 1 is 0.860 bits per heavy atom. The molecule has 6 N–H and O–H groups in total. The van der Waals surface area contributed by atoms with Crippen LogP contribution in [-0.4, -0.2) is 77.7 Å². The second-order valence-corrected chi connectivity index (χ2v) is 13.1. The largest absolute Gasteiger partial charge is 0.389 e. The number of rotatable bonds is 12. The Bertz CT molecular complexity index is 1210. The van der Waals surface area contributed by atoms with E-state index in [0.717, 1.165) is 5.56 Å². The number of primary amides is 1. The molecule has 0 heterocycles. The molecule has 0 saturated heterocycles. The molecule has 0 spiro atoms. The second kappa shape index (κ2) is 15.4. The first-order valence-electron chi connectivity index (χ1n) is 14.4. The number of hydrogen-bond acceptors (Lipinski definition) is 5. The Labute approximate surface area is 255 Å². The predicted molar refractivity (Wildman–Crippen MR) is 168 cm³/mol. The average molecular weight is 597 g/mol. The number of carbonyl (C=O) groups is 4. The molecule has 0 radical (unpaired) electrons. The second-order valence-electron chi connectivity index (χ2n) is 13.1. The predicted octanol–water partition coefficient (Wildman–Crippen LogP) is 3.02. The van der Waals surface area contributed by atoms with Gasteiger partial charge in [0.2, 0.25) is 11.8 Å². The van der Waals surface area contributed by atoms with Crippen LogP contribution in [0.1, 0.15) is 53.5 Å². The normalized spacial score (nSPS) is 13.7. The lowest BCUT2D eigenvalue weighted by Gasteiger charge is -2.36. The van der Waals surface area contributed by atoms with Crippen molar-refractivity contribution in [2.75, 3.05) is 25.0 Å². The minimum atomic E-state index is -1.29. The van der Waals surface area contributed by atoms with Crippen molar-refractivity contribution in [2.24, 2.45) is 11.1 Å². The minimum absolute atomic E-state index is 0.0689. The number of amides is 6. The lowest BCUT2D eigenvalue weighted by molar-refractivity contribution is -0.128. The van der Waals surface area contributed by atoms with Gasteiger partial charge in [0.25, 0.3) is 0 Å². The molecule has 2 aromatic carbocycles. The zero-order valence-electron chi connectivity index (χ0n) is 26.4. The van der Waals surface area contributed by atoms with Crippen LogP contribution in [0.5, 0.6) is 0 Å². The summed E-state index contributed by atoms with van der Waals surface area (Å²) in [6.07, 6.45) is -1.40. The lowest BCUT2D eigenvalue weighted by Crippen LogP contribution is -2.58. The third kappa shape index (κ3) is 12.7. The van der Waals surface area contributed by atoms with E-state index in [9.17, 15) is 24.3 Å². The molecule has 0 saturated carbocycles. The van der Waals surface area contributed by atoms with E-state index in [1.807, 2.05) is 77.9 Å². The third-order valence-electron chi connectivity index (χ3n) is 6.40. The highest BCUT2D eigenvalue weighted by Gasteiger charge is 2.32. The van der Waals surface area contributed by atoms with Crippen LogP contribution >= 0.6 is 0 Å². The summed E-state index contributed by atoms with van der Waals surface area (Å²) in [5.41, 5.74) is 6.09. The Hall–Kier alpha value is -4.12. The summed E-state index contributed by atoms with van der Waals surface area (Å²) in [6, 6.07) is 15.0. The summed E-state index contributed by atoms with van der Waals surface area (Å²) >= 11 is 0. The van der Waals surface area contributed by atoms with Crippen LogP contribution in [0.4, 0.5) is 15.3 Å². The Balaban J connectivity index is 2.32. The number of urea groups is 2. The number of carbonyl (C=O) groups excluding carboxylic acids is 4. The first kappa shape index (κ1) is 35.1. The highest BCUT2D eigenvalue weighted by atomic mass is 16.3. The zero-order valence-corrected chi connectivity index (χ0v) is 26.4. The van der Waals surface area contributed by atoms with Gasteiger partial charge in [-0.1, -0.05) is 69.3 Å². The zero-order chi connectivity index (χ0) is 32.4. The number of aliphatic hydroxyl groups is 1. The maximum Gasteiger partial charge on any atom is 0.322 e. The third-order valence-corrected chi connectivity index (χ3v) is 6.40. The van der Waals surface area contributed by atoms with Crippen molar-refractivity contribution >= 4 is 29.6 Å². The molecule has 0 fully saturated rings. The van der Waals surface area contributed by atoms with Crippen LogP contribution in [0.2, 0.25) is 0 Å². The Morgan fingerprint density at radius 2 is 1.42 bits per heavy atom. The quantitative estimate of drug-likeness (QED) is 0.255. The van der Waals surface area contributed by atoms with Crippen molar-refractivity contribution in [1.29, 1.82) is 0 Å². The van der Waals surface area contributed by atoms with Crippen LogP contribution in [0.25, 0.3) is 0 Å². The summed E-state index contributed by atoms with van der Waals surface area (Å²) in [7, 11) is 1.54. The molecule has 0 unspecified atom stereocenters. The van der Waals surface area contributed by atoms with Crippen molar-refractivity contribution in [3.63, 3.8) is 0 Å². The van der Waals surface area contributed by atoms with E-state index in [0.29, 0.717) is 12.2 Å². The van der Waals surface area contributed by atoms with Crippen LogP contribution in [0.15, 0.2) is 60.7 Å². The Morgan fingerprint density at radius 3 is 1.93 bits per heavy atom. The van der Waals surface area contributed by atoms with E-state index in [2.05, 4.69) is 16.0 Å². The number of nitrogens with one attached hydrogen (secondary N) is 3. The van der Waals surface area contributed by atoms with Gasteiger partial charge in [0.05, 0.1) is 25.1 Å². The molecule has 2 aromatic rings. The standard InChI is InChI=1S/C32H48N6O5/c1-31(2,3)21-38(30(43)36-32(4,5)6)20-26(39)24(18-22-14-10-8-11-15-22)34-28(41)25(19-27(33)40)35-29(42)37(7)23-16-12-9-13-17-23/h8-17,24-26,39H,18-21H2,1-7H3,(H2,33,40)(H,34,41)(H,35,42)(H,36,43)/t24-,25+,26-/m0/s1. The van der Waals surface area contributed by atoms with E-state index in [1.54, 1.807) is 24.3 Å². The molecular weight excluding hydrogens is 548 g/mol. The van der Waals surface area contributed by atoms with Gasteiger partial charge >= 0.3 is 12.1 Å². The molecule has 0 aliphatic heterocycles. The SMILES string of the molecule is CN(C(=O)N[C@H](CC(N)=O)C(=O)N[C@@H](Cc1ccccc1)[C@@H](O)CN(CC(C)(C)C)C(=O)NC(C)(C)C)c1ccccc1. The number of para-hydroxylation sites is 1. The van der Waals surface area contributed by atoms with Gasteiger partial charge < -0.3 is 31.7 Å². The molecule has 3 atom stereocenters. The van der Waals surface area contributed by atoms with Crippen molar-refractivity contribution in [3.8, 4) is 0 Å². The van der Waals surface area contributed by atoms with E-state index in [-0.39, 0.29) is 24.4 Å². The van der Waals surface area contributed by atoms with Crippen molar-refractivity contribution in [2.45, 2.75) is 78.1 Å². The highest BCUT2D eigenvalue weighted by molar-refractivity contribution is 5.96. The summed E-state index contributed by atoms with van der Waals surface area (Å²) < 4.78 is 0. The number of nitrogens with zero attached hydrogens (tertiary/aromatic N) is 2. The first-order chi connectivity index (χ1) is 19.9. The van der Waals surface area contributed by atoms with Gasteiger partial charge in [-0.25, -0.2) is 9.59 Å². The fraction of sp³-hybridized carbons (Fsp3) is 0.500. The molecule has 43 heavy (non-hydrogen) atoms. The number of hydrogen-bond donors (Lipinski definition) is 5. The van der Waals surface area contributed by atoms with Crippen LogP contribution in [0, 0.1) is 5.41 Å². The number of benzene rings is 2. The minimum Gasteiger partial charge on any atom is -0.389 e. The summed E-state index contributed by atoms with van der Waals surface area (Å²) in [5, 5.41) is 19.8. The highest BCUT2D eigenvalue weighted by Crippen LogP contribution is 2.18. The maximum absolute atomic E-state index is 13.6. The maximum atomic E-state index is 13.6. The van der Waals surface area contributed by atoms with Gasteiger partial charge in [0, 0.05) is 24.8 Å². The molecule has 0 aliphatic carbocycles. The van der Waals surface area contributed by atoms with Crippen LogP contribution in [0.3, 0.4) is 0 Å². The molecule has 6 amide bonds. The molecule has 11 heteroatoms. The van der Waals surface area contributed by atoms with E-state index in [4.69, 9.17) is 5.73 Å². The molecule has 236 valence electrons. The van der Waals surface area contributed by atoms with Gasteiger partial charge in [0.15, 0.2) is 0 Å². The molecule has 0 aliphatic rings. The Kier molecular flexibility index (Phi) is 12.5. The first-order valence-corrected chi connectivity index (χ1v) is 14.4. The van der Waals surface area contributed by atoms with Crippen LogP contribution in [-0.2, 0) is 16.0 Å². The lowest BCUT2D eigenvalue weighted by atomic mass is 9.95. The molecule has 0 bridgehead atoms. The van der Waals surface area contributed by atoms with E-state index < -0.39 is 48.0 Å². The summed E-state index contributed by atoms with van der Waals surface area (Å²) in [4.78, 5) is 54.5. The van der Waals surface area contributed by atoms with Gasteiger partial charge in [-0.3, -0.25) is 14.5 Å². The van der Waals surface area contributed by atoms with Crippen molar-refractivity contribution < 1.29 is 24.3 Å². The van der Waals surface area contributed by atoms with Gasteiger partial charge in [-0.15, -0.1) is 0 Å². The number of anilines is 1. The van der Waals surface area contributed by atoms with Crippen molar-refractivity contribution in [3.05, 3.63) is 66.2 Å². The molecule has 0 aromatic heterocycles. The summed E-state index contributed by atoms with van der Waals surface area (Å²) in [6.45, 7) is 11.9. The fourth-order valence-corrected chi connectivity index (χ4v) is 4.40. The molecular formula is C32H48N6O5. The number of aliphatic hydroxyl groups excluding tert-OH is 1. The fourth-order valence-electron chi connectivity index (χ4n) is 4.40. The van der Waals surface area contributed by atoms with Gasteiger partial charge in [-0.05, 0) is 50.3 Å². The van der Waals surface area contributed by atoms with Crippen molar-refractivity contribution in [1.82, 2.24) is 20.9 Å². The van der Waals surface area contributed by atoms with E-state index in [1.165, 1.54) is 16.8 Å². The van der Waals surface area contributed by atoms with Gasteiger partial charge in [-0.2, -0.15) is 0 Å². The molecule has 11 nitrogen and oxygen atoms in total. The number of nitrogens with two attached hydrogens (primary N) is 1.